The van der Waals surface area contributed by atoms with Gasteiger partial charge in [0, 0.05) is 43.2 Å². The topological polar surface area (TPSA) is 71.1 Å². The van der Waals surface area contributed by atoms with Crippen molar-refractivity contribution in [2.45, 2.75) is 38.6 Å². The quantitative estimate of drug-likeness (QED) is 0.627. The monoisotopic (exact) mass is 485 g/mol. The second-order valence-corrected chi connectivity index (χ2v) is 9.14. The zero-order valence-corrected chi connectivity index (χ0v) is 20.4. The molecular formula is C26H32ClN3O4. The van der Waals surface area contributed by atoms with Gasteiger partial charge in [0.1, 0.15) is 0 Å². The average molecular weight is 486 g/mol. The van der Waals surface area contributed by atoms with E-state index in [-0.39, 0.29) is 24.4 Å². The molecule has 2 aromatic rings. The van der Waals surface area contributed by atoms with Crippen LogP contribution in [0.3, 0.4) is 0 Å². The predicted octanol–water partition coefficient (Wildman–Crippen LogP) is 4.46. The molecular weight excluding hydrogens is 454 g/mol. The number of halogens is 1. The van der Waals surface area contributed by atoms with Gasteiger partial charge in [0.05, 0.1) is 30.5 Å². The highest BCUT2D eigenvalue weighted by Gasteiger charge is 2.28. The lowest BCUT2D eigenvalue weighted by atomic mass is 10.0. The second kappa shape index (κ2) is 11.6. The lowest BCUT2D eigenvalue weighted by Gasteiger charge is -2.38. The third kappa shape index (κ3) is 6.02. The molecule has 1 N–H and O–H groups in total. The number of piperidine rings is 1. The summed E-state index contributed by atoms with van der Waals surface area (Å²) in [6, 6.07) is 13.1. The molecule has 1 saturated heterocycles. The summed E-state index contributed by atoms with van der Waals surface area (Å²) in [7, 11) is 0. The summed E-state index contributed by atoms with van der Waals surface area (Å²) < 4.78 is 11.4. The van der Waals surface area contributed by atoms with E-state index in [4.69, 9.17) is 21.1 Å². The van der Waals surface area contributed by atoms with Crippen LogP contribution < -0.4 is 14.8 Å². The molecule has 2 aliphatic rings. The molecule has 2 aromatic carbocycles. The van der Waals surface area contributed by atoms with Gasteiger partial charge in [-0.25, -0.2) is 0 Å². The van der Waals surface area contributed by atoms with Gasteiger partial charge in [-0.2, -0.15) is 0 Å². The van der Waals surface area contributed by atoms with E-state index in [0.717, 1.165) is 37.8 Å². The van der Waals surface area contributed by atoms with Crippen molar-refractivity contribution < 1.29 is 19.1 Å². The molecule has 182 valence electrons. The van der Waals surface area contributed by atoms with Crippen molar-refractivity contribution in [1.29, 1.82) is 0 Å². The molecule has 1 fully saturated rings. The minimum absolute atomic E-state index is 0.0721. The van der Waals surface area contributed by atoms with Crippen molar-refractivity contribution in [1.82, 2.24) is 9.80 Å². The number of carbonyl (C=O) groups excluding carboxylic acids is 2. The number of hydrogen-bond donors (Lipinski definition) is 1. The predicted molar refractivity (Wildman–Crippen MR) is 133 cm³/mol. The van der Waals surface area contributed by atoms with E-state index in [9.17, 15) is 9.59 Å². The fraction of sp³-hybridized carbons (Fsp3) is 0.462. The van der Waals surface area contributed by atoms with Gasteiger partial charge >= 0.3 is 0 Å². The van der Waals surface area contributed by atoms with Gasteiger partial charge in [0.2, 0.25) is 5.91 Å². The molecule has 0 saturated carbocycles. The van der Waals surface area contributed by atoms with Crippen LogP contribution in [0.2, 0.25) is 5.02 Å². The molecule has 7 nitrogen and oxygen atoms in total. The first-order valence-corrected chi connectivity index (χ1v) is 12.4. The summed E-state index contributed by atoms with van der Waals surface area (Å²) in [4.78, 5) is 29.8. The number of rotatable bonds is 7. The first-order valence-electron chi connectivity index (χ1n) is 12.0. The Kier molecular flexibility index (Phi) is 8.29. The highest BCUT2D eigenvalue weighted by Crippen LogP contribution is 2.37. The molecule has 0 spiro atoms. The summed E-state index contributed by atoms with van der Waals surface area (Å²) in [5, 5.41) is 3.37. The number of ether oxygens (including phenoxy) is 2. The van der Waals surface area contributed by atoms with Gasteiger partial charge in [0.15, 0.2) is 11.5 Å². The smallest absolute Gasteiger partial charge is 0.253 e. The lowest BCUT2D eigenvalue weighted by molar-refractivity contribution is -0.118. The maximum atomic E-state index is 12.9. The third-order valence-corrected chi connectivity index (χ3v) is 6.57. The van der Waals surface area contributed by atoms with Crippen LogP contribution in [0.4, 0.5) is 5.69 Å². The van der Waals surface area contributed by atoms with Gasteiger partial charge in [-0.1, -0.05) is 36.7 Å². The maximum Gasteiger partial charge on any atom is 0.253 e. The van der Waals surface area contributed by atoms with Crippen molar-refractivity contribution in [2.24, 2.45) is 0 Å². The largest absolute Gasteiger partial charge is 0.490 e. The van der Waals surface area contributed by atoms with Crippen molar-refractivity contribution in [3.05, 3.63) is 53.1 Å². The Morgan fingerprint density at radius 3 is 2.44 bits per heavy atom. The molecule has 2 aliphatic heterocycles. The minimum atomic E-state index is -0.118. The summed E-state index contributed by atoms with van der Waals surface area (Å²) in [5.41, 5.74) is 1.24. The number of hydrogen-bond acceptors (Lipinski definition) is 5. The molecule has 0 unspecified atom stereocenters. The van der Waals surface area contributed by atoms with Crippen molar-refractivity contribution in [2.75, 3.05) is 44.7 Å². The highest BCUT2D eigenvalue weighted by molar-refractivity contribution is 6.34. The summed E-state index contributed by atoms with van der Waals surface area (Å²) in [5.74, 6) is 1.15. The van der Waals surface area contributed by atoms with Crippen LogP contribution in [0.15, 0.2) is 42.5 Å². The molecule has 0 aromatic heterocycles. The van der Waals surface area contributed by atoms with E-state index in [0.29, 0.717) is 48.5 Å². The molecule has 2 heterocycles. The molecule has 0 bridgehead atoms. The van der Waals surface area contributed by atoms with Gasteiger partial charge in [-0.15, -0.1) is 0 Å². The van der Waals surface area contributed by atoms with Crippen LogP contribution in [0.5, 0.6) is 11.5 Å². The van der Waals surface area contributed by atoms with Crippen LogP contribution >= 0.6 is 11.6 Å². The number of anilines is 1. The van der Waals surface area contributed by atoms with E-state index in [1.807, 2.05) is 35.2 Å². The molecule has 2 amide bonds. The first kappa shape index (κ1) is 24.4. The Bertz CT molecular complexity index is 993. The van der Waals surface area contributed by atoms with E-state index in [2.05, 4.69) is 17.1 Å². The number of likely N-dealkylation sites (tertiary alicyclic amines) is 1. The summed E-state index contributed by atoms with van der Waals surface area (Å²) in [6.45, 7) is 5.73. The fourth-order valence-electron chi connectivity index (χ4n) is 4.53. The molecule has 4 rings (SSSR count). The molecule has 34 heavy (non-hydrogen) atoms. The maximum absolute atomic E-state index is 12.9. The number of benzene rings is 2. The van der Waals surface area contributed by atoms with Crippen LogP contribution in [0.25, 0.3) is 0 Å². The van der Waals surface area contributed by atoms with Gasteiger partial charge in [-0.3, -0.25) is 14.5 Å². The highest BCUT2D eigenvalue weighted by atomic mass is 35.5. The lowest BCUT2D eigenvalue weighted by Crippen LogP contribution is -2.49. The first-order chi connectivity index (χ1) is 16.5. The second-order valence-electron chi connectivity index (χ2n) is 8.74. The Morgan fingerprint density at radius 1 is 1.09 bits per heavy atom. The Labute approximate surface area is 206 Å². The number of nitrogens with zero attached hydrogens (tertiary/aromatic N) is 2. The van der Waals surface area contributed by atoms with Crippen LogP contribution in [-0.4, -0.2) is 67.0 Å². The van der Waals surface area contributed by atoms with Gasteiger partial charge in [-0.05, 0) is 37.9 Å². The van der Waals surface area contributed by atoms with Crippen LogP contribution in [0, 0.1) is 0 Å². The minimum Gasteiger partial charge on any atom is -0.490 e. The SMILES string of the molecule is CCCN(CC(=O)Nc1cc2c(cc1Cl)OCCCO2)C1CCN(C(=O)c2ccccc2)CC1. The number of amides is 2. The zero-order valence-electron chi connectivity index (χ0n) is 19.6. The fourth-order valence-corrected chi connectivity index (χ4v) is 4.73. The molecule has 0 aliphatic carbocycles. The summed E-state index contributed by atoms with van der Waals surface area (Å²) in [6.07, 6.45) is 3.43. The van der Waals surface area contributed by atoms with Crippen molar-refractivity contribution in [3.8, 4) is 11.5 Å². The van der Waals surface area contributed by atoms with E-state index >= 15 is 0 Å². The van der Waals surface area contributed by atoms with Gasteiger partial charge < -0.3 is 19.7 Å². The van der Waals surface area contributed by atoms with Crippen LogP contribution in [-0.2, 0) is 4.79 Å². The van der Waals surface area contributed by atoms with E-state index in [1.54, 1.807) is 12.1 Å². The average Bonchev–Trinajstić information content (AvgIpc) is 3.09. The van der Waals surface area contributed by atoms with E-state index in [1.165, 1.54) is 0 Å². The Hall–Kier alpha value is -2.77. The van der Waals surface area contributed by atoms with Gasteiger partial charge in [0.25, 0.3) is 5.91 Å². The number of fused-ring (bicyclic) bond motifs is 1. The molecule has 8 heteroatoms. The molecule has 0 atom stereocenters. The van der Waals surface area contributed by atoms with Crippen LogP contribution in [0.1, 0.15) is 43.0 Å². The number of carbonyl (C=O) groups is 2. The van der Waals surface area contributed by atoms with Crippen molar-refractivity contribution in [3.63, 3.8) is 0 Å². The third-order valence-electron chi connectivity index (χ3n) is 6.26. The zero-order chi connectivity index (χ0) is 23.9. The van der Waals surface area contributed by atoms with Crippen molar-refractivity contribution >= 4 is 29.1 Å². The number of nitrogens with one attached hydrogen (secondary N) is 1. The standard InChI is InChI=1S/C26H32ClN3O4/c1-2-11-30(20-9-12-29(13-10-20)26(32)19-7-4-3-5-8-19)18-25(31)28-22-17-24-23(16-21(22)27)33-14-6-15-34-24/h3-5,7-8,16-17,20H,2,6,9-15,18H2,1H3,(H,28,31). The molecule has 0 radical (unpaired) electrons. The Morgan fingerprint density at radius 2 is 1.76 bits per heavy atom. The summed E-state index contributed by atoms with van der Waals surface area (Å²) >= 11 is 6.40. The Balaban J connectivity index is 1.35. The normalized spacial score (nSPS) is 16.3. The van der Waals surface area contributed by atoms with E-state index < -0.39 is 0 Å².